The maximum Gasteiger partial charge on any atom is 0.211 e. The van der Waals surface area contributed by atoms with E-state index in [4.69, 9.17) is 14.1 Å². The number of aromatic nitrogens is 1. The van der Waals surface area contributed by atoms with Crippen LogP contribution in [0.1, 0.15) is 43.2 Å². The van der Waals surface area contributed by atoms with E-state index in [1.54, 1.807) is 0 Å². The Labute approximate surface area is 317 Å². The molecule has 0 saturated heterocycles. The first-order chi connectivity index (χ1) is 27.2. The van der Waals surface area contributed by atoms with E-state index in [9.17, 15) is 0 Å². The first-order valence-corrected chi connectivity index (χ1v) is 19.7. The van der Waals surface area contributed by atoms with E-state index in [2.05, 4.69) is 154 Å². The van der Waals surface area contributed by atoms with Crippen LogP contribution in [-0.4, -0.2) is 28.7 Å². The standard InChI is InChI=1S/C49H36N4O2/c1-4-12-40-33(9-1)34-10-2-5-13-41(34)51(40)31-19-23-47-37(27-31)35-25-29(17-21-45(35)54-47)30-18-22-46-36(26-30)38-28-32(20-24-48(38)55-46)52-43-15-7-8-16-44(43)53-42-14-6-3-11-39(42)50-49(52)53/h1-2,4-5,7-10,12-13,15-20,22-28,39,42,45H,3,6,11,14,21H2. The third-order valence-corrected chi connectivity index (χ3v) is 12.7. The van der Waals surface area contributed by atoms with Gasteiger partial charge in [0.05, 0.1) is 40.2 Å². The molecule has 8 aromatic rings. The summed E-state index contributed by atoms with van der Waals surface area (Å²) < 4.78 is 15.4. The summed E-state index contributed by atoms with van der Waals surface area (Å²) >= 11 is 0. The predicted octanol–water partition coefficient (Wildman–Crippen LogP) is 12.0. The Kier molecular flexibility index (Phi) is 5.98. The smallest absolute Gasteiger partial charge is 0.211 e. The fourth-order valence-corrected chi connectivity index (χ4v) is 10.2. The van der Waals surface area contributed by atoms with Crippen LogP contribution in [-0.2, 0) is 0 Å². The lowest BCUT2D eigenvalue weighted by Gasteiger charge is -2.30. The van der Waals surface area contributed by atoms with Gasteiger partial charge < -0.3 is 18.6 Å². The number of allylic oxidation sites excluding steroid dienone is 2. The molecule has 6 aromatic carbocycles. The summed E-state index contributed by atoms with van der Waals surface area (Å²) in [7, 11) is 0. The molecular weight excluding hydrogens is 677 g/mol. The Balaban J connectivity index is 0.891. The highest BCUT2D eigenvalue weighted by molar-refractivity contribution is 6.22. The molecule has 0 N–H and O–H groups in total. The summed E-state index contributed by atoms with van der Waals surface area (Å²) in [6.07, 6.45) is 10.4. The van der Waals surface area contributed by atoms with Gasteiger partial charge in [-0.05, 0) is 103 Å². The van der Waals surface area contributed by atoms with Crippen molar-refractivity contribution in [3.63, 3.8) is 0 Å². The van der Waals surface area contributed by atoms with Crippen LogP contribution in [0.3, 0.4) is 0 Å². The Bertz CT molecular complexity index is 3000. The summed E-state index contributed by atoms with van der Waals surface area (Å²) in [4.78, 5) is 10.2. The number of rotatable bonds is 3. The average Bonchev–Trinajstić information content (AvgIpc) is 4.04. The molecule has 0 radical (unpaired) electrons. The van der Waals surface area contributed by atoms with Gasteiger partial charge in [0.2, 0.25) is 5.96 Å². The summed E-state index contributed by atoms with van der Waals surface area (Å²) in [5.41, 5.74) is 13.8. The van der Waals surface area contributed by atoms with Crippen molar-refractivity contribution in [2.24, 2.45) is 4.99 Å². The Morgan fingerprint density at radius 1 is 0.636 bits per heavy atom. The third-order valence-electron chi connectivity index (χ3n) is 12.7. The second-order valence-corrected chi connectivity index (χ2v) is 15.7. The van der Waals surface area contributed by atoms with Crippen LogP contribution in [0.25, 0.3) is 60.6 Å². The molecule has 55 heavy (non-hydrogen) atoms. The van der Waals surface area contributed by atoms with Crippen molar-refractivity contribution in [3.05, 3.63) is 151 Å². The van der Waals surface area contributed by atoms with Gasteiger partial charge in [0.15, 0.2) is 0 Å². The molecule has 6 nitrogen and oxygen atoms in total. The van der Waals surface area contributed by atoms with Crippen LogP contribution in [0, 0.1) is 0 Å². The molecular formula is C49H36N4O2. The van der Waals surface area contributed by atoms with E-state index in [1.165, 1.54) is 81.1 Å². The van der Waals surface area contributed by atoms with E-state index >= 15 is 0 Å². The van der Waals surface area contributed by atoms with Gasteiger partial charge >= 0.3 is 0 Å². The van der Waals surface area contributed by atoms with E-state index < -0.39 is 0 Å². The fraction of sp³-hybridized carbons (Fsp3) is 0.163. The zero-order chi connectivity index (χ0) is 35.8. The average molecular weight is 713 g/mol. The highest BCUT2D eigenvalue weighted by atomic mass is 16.5. The number of aliphatic imine (C=N–C) groups is 1. The second-order valence-electron chi connectivity index (χ2n) is 15.7. The van der Waals surface area contributed by atoms with Crippen molar-refractivity contribution in [3.8, 4) is 11.4 Å². The molecule has 2 aliphatic carbocycles. The lowest BCUT2D eigenvalue weighted by Crippen LogP contribution is -2.42. The first kappa shape index (κ1) is 29.9. The molecule has 1 fully saturated rings. The van der Waals surface area contributed by atoms with Gasteiger partial charge in [-0.25, -0.2) is 4.99 Å². The molecule has 0 spiro atoms. The van der Waals surface area contributed by atoms with Crippen LogP contribution in [0.15, 0.2) is 149 Å². The maximum atomic E-state index is 6.55. The monoisotopic (exact) mass is 712 g/mol. The number of para-hydroxylation sites is 4. The van der Waals surface area contributed by atoms with Gasteiger partial charge in [0.25, 0.3) is 0 Å². The van der Waals surface area contributed by atoms with Crippen molar-refractivity contribution in [2.75, 3.05) is 9.80 Å². The maximum absolute atomic E-state index is 6.55. The summed E-state index contributed by atoms with van der Waals surface area (Å²) in [5, 5.41) is 4.77. The molecule has 2 aromatic heterocycles. The van der Waals surface area contributed by atoms with Crippen molar-refractivity contribution in [1.82, 2.24) is 4.57 Å². The van der Waals surface area contributed by atoms with Crippen LogP contribution in [0.2, 0.25) is 0 Å². The number of benzene rings is 6. The SMILES string of the molecule is C1=C(c2ccc3oc4ccc(N5C6=NC7CCCCC7N6c6ccccc65)cc4c3c2)C=C2c3cc(-n4c5ccccc5c5ccccc54)ccc3OC2C1. The van der Waals surface area contributed by atoms with E-state index in [-0.39, 0.29) is 6.10 Å². The highest BCUT2D eigenvalue weighted by Crippen LogP contribution is 2.49. The summed E-state index contributed by atoms with van der Waals surface area (Å²) in [6, 6.07) is 46.9. The van der Waals surface area contributed by atoms with Crippen LogP contribution < -0.4 is 14.5 Å². The topological polar surface area (TPSA) is 46.1 Å². The number of guanidine groups is 1. The van der Waals surface area contributed by atoms with Crippen molar-refractivity contribution in [1.29, 1.82) is 0 Å². The van der Waals surface area contributed by atoms with E-state index in [0.717, 1.165) is 51.4 Å². The van der Waals surface area contributed by atoms with Crippen LogP contribution in [0.4, 0.5) is 17.1 Å². The molecule has 5 heterocycles. The minimum atomic E-state index is 0.0124. The zero-order valence-electron chi connectivity index (χ0n) is 30.2. The van der Waals surface area contributed by atoms with Gasteiger partial charge in [-0.2, -0.15) is 0 Å². The second kappa shape index (κ2) is 11.0. The molecule has 0 amide bonds. The molecule has 3 atom stereocenters. The molecule has 3 unspecified atom stereocenters. The molecule has 3 aliphatic heterocycles. The molecule has 6 heteroatoms. The lowest BCUT2D eigenvalue weighted by atomic mass is 9.89. The van der Waals surface area contributed by atoms with Crippen LogP contribution in [0.5, 0.6) is 5.75 Å². The fourth-order valence-electron chi connectivity index (χ4n) is 10.2. The number of ether oxygens (including phenoxy) is 1. The molecule has 13 rings (SSSR count). The van der Waals surface area contributed by atoms with Crippen molar-refractivity contribution < 1.29 is 9.15 Å². The Hall–Kier alpha value is -6.53. The molecule has 264 valence electrons. The number of hydrogen-bond acceptors (Lipinski definition) is 5. The number of furan rings is 1. The van der Waals surface area contributed by atoms with Crippen molar-refractivity contribution >= 4 is 77.9 Å². The number of hydrogen-bond donors (Lipinski definition) is 0. The predicted molar refractivity (Wildman–Crippen MR) is 224 cm³/mol. The Morgan fingerprint density at radius 3 is 2.22 bits per heavy atom. The third kappa shape index (κ3) is 4.17. The van der Waals surface area contributed by atoms with Gasteiger partial charge in [0, 0.05) is 44.8 Å². The Morgan fingerprint density at radius 2 is 1.36 bits per heavy atom. The molecule has 1 saturated carbocycles. The normalized spacial score (nSPS) is 20.9. The molecule has 0 bridgehead atoms. The number of nitrogens with zero attached hydrogens (tertiary/aromatic N) is 4. The van der Waals surface area contributed by atoms with E-state index in [0.29, 0.717) is 12.1 Å². The minimum Gasteiger partial charge on any atom is -0.485 e. The quantitative estimate of drug-likeness (QED) is 0.183. The van der Waals surface area contributed by atoms with Gasteiger partial charge in [-0.1, -0.05) is 73.5 Å². The number of fused-ring (bicyclic) bond motifs is 14. The lowest BCUT2D eigenvalue weighted by molar-refractivity contribution is 0.279. The largest absolute Gasteiger partial charge is 0.485 e. The van der Waals surface area contributed by atoms with Gasteiger partial charge in [-0.15, -0.1) is 0 Å². The van der Waals surface area contributed by atoms with Gasteiger partial charge in [-0.3, -0.25) is 4.90 Å². The van der Waals surface area contributed by atoms with Gasteiger partial charge in [0.1, 0.15) is 23.0 Å². The van der Waals surface area contributed by atoms with Crippen LogP contribution >= 0.6 is 0 Å². The molecule has 5 aliphatic rings. The van der Waals surface area contributed by atoms with E-state index in [1.807, 2.05) is 0 Å². The minimum absolute atomic E-state index is 0.0124. The first-order valence-electron chi connectivity index (χ1n) is 19.7. The zero-order valence-corrected chi connectivity index (χ0v) is 30.2. The summed E-state index contributed by atoms with van der Waals surface area (Å²) in [5.74, 6) is 2.02. The number of anilines is 3. The van der Waals surface area contributed by atoms with Crippen molar-refractivity contribution in [2.45, 2.75) is 50.3 Å². The highest BCUT2D eigenvalue weighted by Gasteiger charge is 2.46. The summed E-state index contributed by atoms with van der Waals surface area (Å²) in [6.45, 7) is 0.